The SMILES string of the molecule is C/C=C(\C)C(=O)O[C@@H]1C[C@@H]2[C@@]3(C)CC[C@@H](O[C@H]4C[C@@H](OC)[C@H](O[C@H]5C[C@@H](OC)[C@H](O[C@H]6C[C@@H](OC)[C@H](O[C@H]7O[C@@H](C)[C@H](O)[C@@H](OC)[C@@H]7O)[C@@H](C)O6)[C@@H](C)O5)[C@@H](C)O4)CC3=CC[C@]2(O)[C@]2(O)CC[C@H](C(C)=O)[C@@]12C. The van der Waals surface area contributed by atoms with Gasteiger partial charge in [0.2, 0.25) is 0 Å². The molecule has 4 N–H and O–H groups in total. The number of ether oxygens (including phenoxy) is 13. The fourth-order valence-corrected chi connectivity index (χ4v) is 14.5. The fraction of sp³-hybridized carbons (Fsp3) is 0.889. The van der Waals surface area contributed by atoms with Gasteiger partial charge in [-0.25, -0.2) is 4.79 Å². The largest absolute Gasteiger partial charge is 0.458 e. The first-order valence-electron chi connectivity index (χ1n) is 26.7. The van der Waals surface area contributed by atoms with Crippen molar-refractivity contribution in [1.82, 2.24) is 0 Å². The van der Waals surface area contributed by atoms with Crippen LogP contribution in [0.4, 0.5) is 0 Å². The molecule has 4 heterocycles. The molecule has 8 rings (SSSR count). The molecule has 0 amide bonds. The smallest absolute Gasteiger partial charge is 0.333 e. The summed E-state index contributed by atoms with van der Waals surface area (Å²) in [6.07, 6.45) is -4.23. The number of allylic oxidation sites excluding steroid dienone is 1. The number of ketones is 1. The van der Waals surface area contributed by atoms with Gasteiger partial charge in [-0.2, -0.15) is 0 Å². The Balaban J connectivity index is 0.867. The van der Waals surface area contributed by atoms with Crippen LogP contribution in [0, 0.1) is 22.7 Å². The van der Waals surface area contributed by atoms with E-state index in [4.69, 9.17) is 61.6 Å². The number of esters is 1. The third-order valence-electron chi connectivity index (χ3n) is 19.0. The van der Waals surface area contributed by atoms with Gasteiger partial charge in [-0.1, -0.05) is 31.6 Å². The second-order valence-corrected chi connectivity index (χ2v) is 22.8. The highest BCUT2D eigenvalue weighted by molar-refractivity contribution is 5.88. The van der Waals surface area contributed by atoms with Crippen LogP contribution in [0.2, 0.25) is 0 Å². The number of rotatable bonds is 15. The summed E-state index contributed by atoms with van der Waals surface area (Å²) in [5.41, 5.74) is -3.32. The number of carbonyl (C=O) groups is 2. The normalized spacial score (nSPS) is 50.3. The van der Waals surface area contributed by atoms with E-state index in [1.807, 2.05) is 27.7 Å². The first-order valence-corrected chi connectivity index (χ1v) is 26.7. The molecule has 19 nitrogen and oxygen atoms in total. The predicted molar refractivity (Wildman–Crippen MR) is 259 cm³/mol. The van der Waals surface area contributed by atoms with Crippen LogP contribution in [0.5, 0.6) is 0 Å². The van der Waals surface area contributed by atoms with Gasteiger partial charge in [-0.3, -0.25) is 4.79 Å². The molecule has 4 saturated heterocycles. The topological polar surface area (TPSA) is 235 Å². The summed E-state index contributed by atoms with van der Waals surface area (Å²) in [6, 6.07) is 0. The minimum absolute atomic E-state index is 0.0797. The van der Waals surface area contributed by atoms with Crippen LogP contribution in [0.1, 0.15) is 127 Å². The lowest BCUT2D eigenvalue weighted by Crippen LogP contribution is -2.75. The fourth-order valence-electron chi connectivity index (χ4n) is 14.5. The highest BCUT2D eigenvalue weighted by Crippen LogP contribution is 2.70. The molecule has 416 valence electrons. The summed E-state index contributed by atoms with van der Waals surface area (Å²) >= 11 is 0. The Kier molecular flexibility index (Phi) is 17.5. The highest BCUT2D eigenvalue weighted by atomic mass is 16.8. The average Bonchev–Trinajstić information content (AvgIpc) is 3.65. The van der Waals surface area contributed by atoms with E-state index < -0.39 is 144 Å². The van der Waals surface area contributed by atoms with Crippen molar-refractivity contribution in [1.29, 1.82) is 0 Å². The summed E-state index contributed by atoms with van der Waals surface area (Å²) in [5, 5.41) is 47.1. The molecule has 8 aliphatic rings. The van der Waals surface area contributed by atoms with Crippen LogP contribution in [0.25, 0.3) is 0 Å². The number of fused-ring (bicyclic) bond motifs is 5. The van der Waals surface area contributed by atoms with Crippen molar-refractivity contribution in [3.8, 4) is 0 Å². The molecule has 0 spiro atoms. The number of hydrogen-bond acceptors (Lipinski definition) is 19. The molecule has 25 atom stereocenters. The van der Waals surface area contributed by atoms with E-state index in [0.717, 1.165) is 5.57 Å². The number of carbonyl (C=O) groups excluding carboxylic acids is 2. The Morgan fingerprint density at radius 3 is 1.71 bits per heavy atom. The van der Waals surface area contributed by atoms with E-state index in [-0.39, 0.29) is 30.8 Å². The van der Waals surface area contributed by atoms with E-state index in [0.29, 0.717) is 56.9 Å². The maximum Gasteiger partial charge on any atom is 0.333 e. The molecule has 0 aromatic rings. The predicted octanol–water partition coefficient (Wildman–Crippen LogP) is 4.34. The van der Waals surface area contributed by atoms with E-state index in [2.05, 4.69) is 13.0 Å². The minimum atomic E-state index is -1.66. The van der Waals surface area contributed by atoms with Crippen molar-refractivity contribution < 1.29 is 91.6 Å². The molecule has 7 fully saturated rings. The minimum Gasteiger partial charge on any atom is -0.458 e. The van der Waals surface area contributed by atoms with Crippen molar-refractivity contribution >= 4 is 11.8 Å². The Bertz CT molecular complexity index is 2000. The third kappa shape index (κ3) is 10.2. The Labute approximate surface area is 431 Å². The number of aliphatic hydroxyl groups is 4. The molecular weight excluding hydrogens is 953 g/mol. The second kappa shape index (κ2) is 22.4. The molecular formula is C54H86O19. The van der Waals surface area contributed by atoms with E-state index in [9.17, 15) is 30.0 Å². The zero-order valence-electron chi connectivity index (χ0n) is 45.3. The van der Waals surface area contributed by atoms with E-state index >= 15 is 0 Å². The first kappa shape index (κ1) is 57.2. The van der Waals surface area contributed by atoms with Crippen LogP contribution in [-0.2, 0) is 71.2 Å². The van der Waals surface area contributed by atoms with Gasteiger partial charge in [0.1, 0.15) is 59.7 Å². The van der Waals surface area contributed by atoms with Gasteiger partial charge in [-0.05, 0) is 98.8 Å². The van der Waals surface area contributed by atoms with E-state index in [1.165, 1.54) is 14.0 Å². The molecule has 0 bridgehead atoms. The van der Waals surface area contributed by atoms with Crippen LogP contribution in [0.15, 0.2) is 23.3 Å². The van der Waals surface area contributed by atoms with Crippen molar-refractivity contribution in [2.45, 2.75) is 254 Å². The monoisotopic (exact) mass is 1040 g/mol. The van der Waals surface area contributed by atoms with Crippen molar-refractivity contribution in [2.75, 3.05) is 28.4 Å². The zero-order chi connectivity index (χ0) is 53.1. The van der Waals surface area contributed by atoms with Gasteiger partial charge in [0.05, 0.1) is 48.8 Å². The molecule has 0 radical (unpaired) electrons. The molecule has 3 saturated carbocycles. The lowest BCUT2D eigenvalue weighted by Gasteiger charge is -2.66. The molecule has 0 unspecified atom stereocenters. The molecule has 0 aromatic heterocycles. The molecule has 19 heteroatoms. The van der Waals surface area contributed by atoms with Crippen LogP contribution >= 0.6 is 0 Å². The van der Waals surface area contributed by atoms with Crippen molar-refractivity contribution in [3.63, 3.8) is 0 Å². The van der Waals surface area contributed by atoms with Crippen molar-refractivity contribution in [3.05, 3.63) is 23.3 Å². The second-order valence-electron chi connectivity index (χ2n) is 22.8. The highest BCUT2D eigenvalue weighted by Gasteiger charge is 2.77. The van der Waals surface area contributed by atoms with Crippen LogP contribution in [-0.4, -0.2) is 189 Å². The van der Waals surface area contributed by atoms with Gasteiger partial charge in [0.25, 0.3) is 0 Å². The van der Waals surface area contributed by atoms with Gasteiger partial charge < -0.3 is 82.0 Å². The Morgan fingerprint density at radius 1 is 0.671 bits per heavy atom. The first-order chi connectivity index (χ1) is 34.5. The average molecular weight is 1040 g/mol. The van der Waals surface area contributed by atoms with Crippen LogP contribution in [0.3, 0.4) is 0 Å². The summed E-state index contributed by atoms with van der Waals surface area (Å²) in [7, 11) is 6.27. The quantitative estimate of drug-likeness (QED) is 0.101. The van der Waals surface area contributed by atoms with Gasteiger partial charge >= 0.3 is 5.97 Å². The zero-order valence-corrected chi connectivity index (χ0v) is 45.3. The van der Waals surface area contributed by atoms with Crippen molar-refractivity contribution in [2.24, 2.45) is 22.7 Å². The lowest BCUT2D eigenvalue weighted by atomic mass is 9.43. The summed E-state index contributed by atoms with van der Waals surface area (Å²) < 4.78 is 81.0. The van der Waals surface area contributed by atoms with Gasteiger partial charge in [0, 0.05) is 70.5 Å². The van der Waals surface area contributed by atoms with Gasteiger partial charge in [-0.15, -0.1) is 0 Å². The number of hydrogen-bond donors (Lipinski definition) is 4. The molecule has 4 aliphatic carbocycles. The number of aliphatic hydroxyl groups excluding tert-OH is 2. The Morgan fingerprint density at radius 2 is 1.21 bits per heavy atom. The number of Topliss-reactive ketones (excluding diaryl/α,β-unsaturated/α-hetero) is 1. The lowest BCUT2D eigenvalue weighted by molar-refractivity contribution is -0.355. The summed E-state index contributed by atoms with van der Waals surface area (Å²) in [4.78, 5) is 26.5. The Hall–Kier alpha value is -2.02. The maximum atomic E-state index is 13.4. The maximum absolute atomic E-state index is 13.4. The molecule has 4 aliphatic heterocycles. The summed E-state index contributed by atoms with van der Waals surface area (Å²) in [5.74, 6) is -1.57. The van der Waals surface area contributed by atoms with Gasteiger partial charge in [0.15, 0.2) is 25.2 Å². The standard InChI is InChI=1S/C54H86O19/c1-14-26(2)49(58)70-39-25-38-51(8)18-16-33(21-32(51)15-19-53(38,59)54(60)20-17-34(27(3)55)52(39,54)9)69-40-22-35(61-10)45(29(5)65-40)71-41-23-36(62-11)46(30(6)66-41)72-42-24-37(63-12)47(31(7)67-42)73-50-44(57)48(64-13)43(56)28(4)68-50/h14-15,28-31,33-48,50,56-57,59-60H,16-25H2,1-13H3/b26-14+/t28-,29+,30+,31+,33+,34+,35+,36+,37+,38+,39+,40-,41-,42-,43-,44-,45+,46+,47+,48+,50+,51-,52-,53+,54-/m0/s1. The molecule has 73 heavy (non-hydrogen) atoms. The van der Waals surface area contributed by atoms with Crippen LogP contribution < -0.4 is 0 Å². The number of methoxy groups -OCH3 is 4. The third-order valence-corrected chi connectivity index (χ3v) is 19.0. The van der Waals surface area contributed by atoms with E-state index in [1.54, 1.807) is 48.2 Å². The summed E-state index contributed by atoms with van der Waals surface area (Å²) in [6.45, 7) is 16.4. The molecule has 0 aromatic carbocycles.